The molecule has 3 heteroatoms. The number of halogens is 2. The first-order valence-corrected chi connectivity index (χ1v) is 4.24. The van der Waals surface area contributed by atoms with Gasteiger partial charge in [0.15, 0.2) is 0 Å². The van der Waals surface area contributed by atoms with Gasteiger partial charge in [-0.1, -0.05) is 0 Å². The van der Waals surface area contributed by atoms with Crippen LogP contribution < -0.4 is 0 Å². The summed E-state index contributed by atoms with van der Waals surface area (Å²) < 4.78 is 0. The SMILES string of the molecule is [CH3-].[Cl][Pd][Cl]. The molecule has 0 saturated carbocycles. The fourth-order valence-corrected chi connectivity index (χ4v) is 0. The van der Waals surface area contributed by atoms with Crippen molar-refractivity contribution in [1.29, 1.82) is 0 Å². The Morgan fingerprint density at radius 2 is 1.25 bits per heavy atom. The van der Waals surface area contributed by atoms with E-state index in [0.29, 0.717) is 0 Å². The Hall–Kier alpha value is 1.24. The Balaban J connectivity index is 0. The molecule has 0 aliphatic heterocycles. The molecule has 0 aromatic rings. The minimum atomic E-state index is -0.106. The van der Waals surface area contributed by atoms with Gasteiger partial charge in [-0.3, -0.25) is 0 Å². The summed E-state index contributed by atoms with van der Waals surface area (Å²) in [4.78, 5) is 0. The standard InChI is InChI=1S/CH3.2ClH.Pd/h1H3;2*1H;/q-1;;;+2/p-2. The molecule has 32 valence electrons. The summed E-state index contributed by atoms with van der Waals surface area (Å²) in [7, 11) is 9.63. The van der Waals surface area contributed by atoms with Crippen LogP contribution in [0.4, 0.5) is 0 Å². The second kappa shape index (κ2) is 8.87. The minimum absolute atomic E-state index is 0. The fraction of sp³-hybridized carbons (Fsp3) is 0. The summed E-state index contributed by atoms with van der Waals surface area (Å²) in [6.07, 6.45) is 0. The average Bonchev–Trinajstić information content (AvgIpc) is 0.918. The zero-order valence-electron chi connectivity index (χ0n) is 2.07. The van der Waals surface area contributed by atoms with Crippen molar-refractivity contribution in [3.8, 4) is 0 Å². The van der Waals surface area contributed by atoms with Crippen molar-refractivity contribution in [2.45, 2.75) is 0 Å². The molecule has 0 atom stereocenters. The van der Waals surface area contributed by atoms with E-state index in [-0.39, 0.29) is 23.4 Å². The van der Waals surface area contributed by atoms with Crippen molar-refractivity contribution in [2.24, 2.45) is 0 Å². The van der Waals surface area contributed by atoms with Crippen molar-refractivity contribution in [2.75, 3.05) is 0 Å². The van der Waals surface area contributed by atoms with Crippen molar-refractivity contribution >= 4 is 19.1 Å². The monoisotopic (exact) mass is 191 g/mol. The van der Waals surface area contributed by atoms with Gasteiger partial charge in [-0.2, -0.15) is 0 Å². The van der Waals surface area contributed by atoms with Gasteiger partial charge in [-0.25, -0.2) is 0 Å². The van der Waals surface area contributed by atoms with Gasteiger partial charge in [0.2, 0.25) is 0 Å². The maximum atomic E-state index is 4.81. The third-order valence-electron chi connectivity index (χ3n) is 0. The van der Waals surface area contributed by atoms with Crippen LogP contribution in [0.15, 0.2) is 0 Å². The van der Waals surface area contributed by atoms with Crippen LogP contribution in [0.1, 0.15) is 0 Å². The van der Waals surface area contributed by atoms with Gasteiger partial charge >= 0.3 is 35.0 Å². The van der Waals surface area contributed by atoms with Crippen molar-refractivity contribution in [3.63, 3.8) is 0 Å². The molecule has 0 N–H and O–H groups in total. The average molecular weight is 192 g/mol. The van der Waals surface area contributed by atoms with Gasteiger partial charge in [0.05, 0.1) is 0 Å². The molecular formula is CH3Cl2Pd-. The summed E-state index contributed by atoms with van der Waals surface area (Å²) >= 11 is -0.106. The summed E-state index contributed by atoms with van der Waals surface area (Å²) in [5.41, 5.74) is 0. The van der Waals surface area contributed by atoms with Crippen LogP contribution >= 0.6 is 19.1 Å². The predicted molar refractivity (Wildman–Crippen MR) is 18.1 cm³/mol. The van der Waals surface area contributed by atoms with E-state index in [0.717, 1.165) is 0 Å². The number of rotatable bonds is 0. The Labute approximate surface area is 42.6 Å². The summed E-state index contributed by atoms with van der Waals surface area (Å²) in [5, 5.41) is 0. The molecule has 0 fully saturated rings. The first-order chi connectivity index (χ1) is 1.41. The molecule has 0 aromatic heterocycles. The number of hydrogen-bond donors (Lipinski definition) is 0. The second-order valence-corrected chi connectivity index (χ2v) is 2.41. The second-order valence-electron chi connectivity index (χ2n) is 0.0452. The molecule has 0 radical (unpaired) electrons. The van der Waals surface area contributed by atoms with Gasteiger partial charge in [-0.15, -0.1) is 0 Å². The molecule has 0 heterocycles. The normalized spacial score (nSPS) is 5.50. The van der Waals surface area contributed by atoms with Crippen molar-refractivity contribution in [1.82, 2.24) is 0 Å². The third kappa shape index (κ3) is 10.6. The first-order valence-electron chi connectivity index (χ1n) is 0.239. The van der Waals surface area contributed by atoms with Crippen LogP contribution in [0.25, 0.3) is 0 Å². The van der Waals surface area contributed by atoms with Crippen LogP contribution in [0, 0.1) is 7.43 Å². The molecule has 0 aromatic carbocycles. The molecule has 0 bridgehead atoms. The zero-order chi connectivity index (χ0) is 2.71. The molecule has 4 heavy (non-hydrogen) atoms. The van der Waals surface area contributed by atoms with E-state index in [4.69, 9.17) is 19.1 Å². The van der Waals surface area contributed by atoms with E-state index in [2.05, 4.69) is 0 Å². The number of hydrogen-bond acceptors (Lipinski definition) is 0. The van der Waals surface area contributed by atoms with Gasteiger partial charge in [0, 0.05) is 0 Å². The molecular weight excluding hydrogens is 189 g/mol. The van der Waals surface area contributed by atoms with E-state index >= 15 is 0 Å². The van der Waals surface area contributed by atoms with E-state index in [9.17, 15) is 0 Å². The van der Waals surface area contributed by atoms with Crippen LogP contribution in [-0.4, -0.2) is 0 Å². The van der Waals surface area contributed by atoms with Crippen LogP contribution in [0.5, 0.6) is 0 Å². The van der Waals surface area contributed by atoms with Gasteiger partial charge in [0.1, 0.15) is 0 Å². The third-order valence-corrected chi connectivity index (χ3v) is 0. The van der Waals surface area contributed by atoms with Crippen LogP contribution in [-0.2, 0) is 15.9 Å². The topological polar surface area (TPSA) is 0 Å². The predicted octanol–water partition coefficient (Wildman–Crippen LogP) is 1.83. The van der Waals surface area contributed by atoms with Gasteiger partial charge in [0.25, 0.3) is 0 Å². The molecule has 0 aliphatic carbocycles. The summed E-state index contributed by atoms with van der Waals surface area (Å²) in [5.74, 6) is 0. The van der Waals surface area contributed by atoms with Crippen LogP contribution in [0.3, 0.4) is 0 Å². The zero-order valence-corrected chi connectivity index (χ0v) is 5.14. The van der Waals surface area contributed by atoms with E-state index in [1.54, 1.807) is 0 Å². The Morgan fingerprint density at radius 1 is 1.25 bits per heavy atom. The molecule has 0 unspecified atom stereocenters. The Kier molecular flexibility index (Phi) is 19.9. The molecule has 0 spiro atoms. The Morgan fingerprint density at radius 3 is 1.25 bits per heavy atom. The Bertz CT molecular complexity index is 6.00. The summed E-state index contributed by atoms with van der Waals surface area (Å²) in [6, 6.07) is 0. The molecule has 0 amide bonds. The van der Waals surface area contributed by atoms with E-state index < -0.39 is 0 Å². The van der Waals surface area contributed by atoms with E-state index in [1.165, 1.54) is 0 Å². The van der Waals surface area contributed by atoms with Crippen LogP contribution in [0.2, 0.25) is 0 Å². The van der Waals surface area contributed by atoms with Gasteiger partial charge in [-0.05, 0) is 0 Å². The van der Waals surface area contributed by atoms with Crippen molar-refractivity contribution < 1.29 is 15.9 Å². The molecule has 0 nitrogen and oxygen atoms in total. The maximum absolute atomic E-state index is 4.81. The molecule has 0 aliphatic rings. The summed E-state index contributed by atoms with van der Waals surface area (Å²) in [6.45, 7) is 0. The molecule has 0 saturated heterocycles. The van der Waals surface area contributed by atoms with Crippen molar-refractivity contribution in [3.05, 3.63) is 7.43 Å². The van der Waals surface area contributed by atoms with Gasteiger partial charge < -0.3 is 7.43 Å². The fourth-order valence-electron chi connectivity index (χ4n) is 0. The molecule has 0 rings (SSSR count). The first kappa shape index (κ1) is 8.97. The quantitative estimate of drug-likeness (QED) is 0.406. The van der Waals surface area contributed by atoms with E-state index in [1.807, 2.05) is 0 Å².